The van der Waals surface area contributed by atoms with Crippen molar-refractivity contribution in [3.63, 3.8) is 0 Å². The zero-order valence-electron chi connectivity index (χ0n) is 19.6. The maximum atomic E-state index is 13.3. The minimum Gasteiger partial charge on any atom is -0.381 e. The van der Waals surface area contributed by atoms with Crippen LogP contribution in [-0.4, -0.2) is 58.3 Å². The second-order valence-corrected chi connectivity index (χ2v) is 10.1. The summed E-state index contributed by atoms with van der Waals surface area (Å²) in [5.74, 6) is -2.48. The smallest absolute Gasteiger partial charge is 0.381 e. The van der Waals surface area contributed by atoms with Crippen LogP contribution in [0.4, 0.5) is 29.5 Å². The maximum Gasteiger partial charge on any atom is 0.417 e. The van der Waals surface area contributed by atoms with Crippen molar-refractivity contribution in [2.24, 2.45) is 11.1 Å². The number of hydrogen-bond donors (Lipinski definition) is 3. The Morgan fingerprint density at radius 1 is 1.13 bits per heavy atom. The molecule has 11 nitrogen and oxygen atoms in total. The number of hydrogen-bond acceptors (Lipinski definition) is 8. The van der Waals surface area contributed by atoms with Crippen LogP contribution >= 0.6 is 34.8 Å². The first-order valence-electron chi connectivity index (χ1n) is 11.2. The van der Waals surface area contributed by atoms with Gasteiger partial charge in [-0.2, -0.15) is 18.6 Å². The molecule has 2 fully saturated rings. The number of aromatic nitrogens is 1. The van der Waals surface area contributed by atoms with Gasteiger partial charge in [0, 0.05) is 24.3 Å². The molecule has 4 amide bonds. The molecular weight excluding hydrogens is 590 g/mol. The fraction of sp³-hybridized carbons (Fsp3) is 0.318. The molecule has 1 aromatic heterocycles. The topological polar surface area (TPSA) is 128 Å². The minimum absolute atomic E-state index is 0.0474. The number of fused-ring (bicyclic) bond motifs is 1. The molecule has 2 aromatic rings. The number of urea groups is 1. The van der Waals surface area contributed by atoms with Crippen molar-refractivity contribution in [1.82, 2.24) is 20.6 Å². The molecule has 3 N–H and O–H groups in total. The molecule has 3 aliphatic heterocycles. The van der Waals surface area contributed by atoms with Crippen LogP contribution < -0.4 is 21.1 Å². The molecule has 2 saturated heterocycles. The van der Waals surface area contributed by atoms with E-state index in [2.05, 4.69) is 26.2 Å². The average Bonchev–Trinajstić information content (AvgIpc) is 3.49. The lowest BCUT2D eigenvalue weighted by Crippen LogP contribution is -2.58. The zero-order chi connectivity index (χ0) is 28.3. The van der Waals surface area contributed by atoms with E-state index in [1.54, 1.807) is 6.92 Å². The summed E-state index contributed by atoms with van der Waals surface area (Å²) < 4.78 is 38.5. The summed E-state index contributed by atoms with van der Waals surface area (Å²) in [4.78, 5) is 48.8. The number of imide groups is 1. The Hall–Kier alpha value is -3.33. The van der Waals surface area contributed by atoms with Crippen LogP contribution in [0, 0.1) is 5.92 Å². The number of nitrogens with one attached hydrogen (secondary N) is 3. The van der Waals surface area contributed by atoms with Gasteiger partial charge in [0.1, 0.15) is 17.4 Å². The van der Waals surface area contributed by atoms with Crippen LogP contribution in [0.25, 0.3) is 0 Å². The van der Waals surface area contributed by atoms with E-state index in [1.807, 2.05) is 0 Å². The Morgan fingerprint density at radius 3 is 2.54 bits per heavy atom. The van der Waals surface area contributed by atoms with Gasteiger partial charge in [0.15, 0.2) is 5.66 Å². The minimum atomic E-state index is -4.61. The number of alkyl halides is 3. The van der Waals surface area contributed by atoms with E-state index in [1.165, 1.54) is 18.2 Å². The van der Waals surface area contributed by atoms with Crippen LogP contribution in [0.1, 0.15) is 12.5 Å². The van der Waals surface area contributed by atoms with E-state index in [4.69, 9.17) is 39.6 Å². The molecule has 17 heteroatoms. The van der Waals surface area contributed by atoms with Crippen LogP contribution in [0.3, 0.4) is 0 Å². The number of likely N-dealkylation sites (tertiary alicyclic amines) is 1. The number of anilines is 2. The second-order valence-electron chi connectivity index (χ2n) is 8.89. The number of halogens is 6. The van der Waals surface area contributed by atoms with Gasteiger partial charge in [0.25, 0.3) is 5.91 Å². The van der Waals surface area contributed by atoms with Crippen molar-refractivity contribution in [1.29, 1.82) is 0 Å². The van der Waals surface area contributed by atoms with Gasteiger partial charge < -0.3 is 15.5 Å². The van der Waals surface area contributed by atoms with E-state index < -0.39 is 47.3 Å². The summed E-state index contributed by atoms with van der Waals surface area (Å²) in [6.07, 6.45) is -5.24. The highest BCUT2D eigenvalue weighted by atomic mass is 35.5. The lowest BCUT2D eigenvalue weighted by molar-refractivity contribution is -0.142. The van der Waals surface area contributed by atoms with Gasteiger partial charge in [-0.3, -0.25) is 14.5 Å². The van der Waals surface area contributed by atoms with Crippen molar-refractivity contribution in [2.75, 3.05) is 23.4 Å². The van der Waals surface area contributed by atoms with E-state index in [0.717, 1.165) is 9.91 Å². The van der Waals surface area contributed by atoms with Gasteiger partial charge in [-0.25, -0.2) is 14.8 Å². The third kappa shape index (κ3) is 4.81. The quantitative estimate of drug-likeness (QED) is 0.428. The molecule has 4 heterocycles. The van der Waals surface area contributed by atoms with Crippen molar-refractivity contribution >= 4 is 69.9 Å². The normalized spacial score (nSPS) is 24.6. The standard InChI is InChI=1S/C22H17Cl3F3N7O4/c1-21(31-20(38)35(33-21)13-3-2-10(23)7-11(13)24)16-14-15(39-32-16)19(37)34(18(14)36)5-4-29-17-12(25)6-9(8-30-17)22(26,27)28/h2-3,6-8,14-15,33H,4-5H2,1H3,(H,29,30)(H,31,38)/t14-,15-,21+/m1/s1. The van der Waals surface area contributed by atoms with Crippen LogP contribution in [0.2, 0.25) is 15.1 Å². The summed E-state index contributed by atoms with van der Waals surface area (Å²) >= 11 is 18.1. The molecule has 0 aliphatic carbocycles. The van der Waals surface area contributed by atoms with Gasteiger partial charge in [-0.15, -0.1) is 0 Å². The largest absolute Gasteiger partial charge is 0.417 e. The number of carbonyl (C=O) groups excluding carboxylic acids is 3. The van der Waals surface area contributed by atoms with Gasteiger partial charge in [-0.05, 0) is 31.2 Å². The third-order valence-corrected chi connectivity index (χ3v) is 7.08. The number of rotatable bonds is 6. The van der Waals surface area contributed by atoms with Crippen molar-refractivity contribution in [3.05, 3.63) is 51.1 Å². The summed E-state index contributed by atoms with van der Waals surface area (Å²) in [7, 11) is 0. The molecule has 1 aromatic carbocycles. The van der Waals surface area contributed by atoms with E-state index in [0.29, 0.717) is 17.3 Å². The Kier molecular flexibility index (Phi) is 6.77. The first kappa shape index (κ1) is 27.2. The van der Waals surface area contributed by atoms with Gasteiger partial charge in [0.2, 0.25) is 12.0 Å². The number of hydrazine groups is 1. The molecule has 5 rings (SSSR count). The average molecular weight is 607 g/mol. The molecule has 3 aliphatic rings. The number of oxime groups is 1. The highest BCUT2D eigenvalue weighted by molar-refractivity contribution is 6.37. The predicted octanol–water partition coefficient (Wildman–Crippen LogP) is 3.66. The molecule has 39 heavy (non-hydrogen) atoms. The summed E-state index contributed by atoms with van der Waals surface area (Å²) in [6, 6.07) is 4.63. The highest BCUT2D eigenvalue weighted by Crippen LogP contribution is 2.37. The van der Waals surface area contributed by atoms with E-state index in [-0.39, 0.29) is 40.4 Å². The van der Waals surface area contributed by atoms with Crippen LogP contribution in [0.15, 0.2) is 35.6 Å². The molecule has 206 valence electrons. The Labute approximate surface area is 233 Å². The number of carbonyl (C=O) groups is 3. The number of benzene rings is 1. The lowest BCUT2D eigenvalue weighted by atomic mass is 9.91. The van der Waals surface area contributed by atoms with Gasteiger partial charge >= 0.3 is 12.2 Å². The lowest BCUT2D eigenvalue weighted by Gasteiger charge is -2.26. The molecule has 0 saturated carbocycles. The third-order valence-electron chi connectivity index (χ3n) is 6.26. The first-order chi connectivity index (χ1) is 18.3. The molecule has 3 atom stereocenters. The first-order valence-corrected chi connectivity index (χ1v) is 12.3. The number of amides is 4. The van der Waals surface area contributed by atoms with Crippen molar-refractivity contribution < 1.29 is 32.4 Å². The SMILES string of the molecule is C[C@]1(C2=NO[C@H]3C(=O)N(CCNc4ncc(C(F)(F)F)cc4Cl)C(=O)[C@@H]23)NC(=O)N(c2ccc(Cl)cc2Cl)N1. The summed E-state index contributed by atoms with van der Waals surface area (Å²) in [5.41, 5.74) is 0.842. The van der Waals surface area contributed by atoms with E-state index in [9.17, 15) is 27.6 Å². The van der Waals surface area contributed by atoms with Gasteiger partial charge in [0.05, 0.1) is 21.3 Å². The fourth-order valence-corrected chi connectivity index (χ4v) is 5.12. The predicted molar refractivity (Wildman–Crippen MR) is 134 cm³/mol. The van der Waals surface area contributed by atoms with Crippen LogP contribution in [0.5, 0.6) is 0 Å². The highest BCUT2D eigenvalue weighted by Gasteiger charge is 2.61. The monoisotopic (exact) mass is 605 g/mol. The van der Waals surface area contributed by atoms with Crippen molar-refractivity contribution in [3.8, 4) is 0 Å². The number of nitrogens with zero attached hydrogens (tertiary/aromatic N) is 4. The van der Waals surface area contributed by atoms with Crippen LogP contribution in [-0.2, 0) is 20.6 Å². The second kappa shape index (κ2) is 9.70. The zero-order valence-corrected chi connectivity index (χ0v) is 21.9. The number of pyridine rings is 1. The molecule has 0 radical (unpaired) electrons. The maximum absolute atomic E-state index is 13.3. The Bertz CT molecular complexity index is 1430. The molecule has 0 spiro atoms. The van der Waals surface area contributed by atoms with E-state index >= 15 is 0 Å². The fourth-order valence-electron chi connectivity index (χ4n) is 4.40. The molecular formula is C22H17Cl3F3N7O4. The molecule has 0 unspecified atom stereocenters. The summed E-state index contributed by atoms with van der Waals surface area (Å²) in [5, 5.41) is 10.7. The molecule has 0 bridgehead atoms. The van der Waals surface area contributed by atoms with Gasteiger partial charge in [-0.1, -0.05) is 40.0 Å². The van der Waals surface area contributed by atoms with Crippen molar-refractivity contribution in [2.45, 2.75) is 24.9 Å². The summed E-state index contributed by atoms with van der Waals surface area (Å²) in [6.45, 7) is 1.32. The Morgan fingerprint density at radius 2 is 1.87 bits per heavy atom. The Balaban J connectivity index is 1.27.